The summed E-state index contributed by atoms with van der Waals surface area (Å²) in [6, 6.07) is 7.73. The fourth-order valence-corrected chi connectivity index (χ4v) is 4.03. The Kier molecular flexibility index (Phi) is 6.10. The van der Waals surface area contributed by atoms with Crippen molar-refractivity contribution in [2.45, 2.75) is 13.0 Å². The predicted octanol–water partition coefficient (Wildman–Crippen LogP) is 2.59. The summed E-state index contributed by atoms with van der Waals surface area (Å²) in [6.45, 7) is 3.12. The minimum atomic E-state index is -0.377. The van der Waals surface area contributed by atoms with Gasteiger partial charge in [-0.2, -0.15) is 0 Å². The van der Waals surface area contributed by atoms with Gasteiger partial charge in [-0.25, -0.2) is 9.97 Å². The molecule has 1 saturated heterocycles. The Labute approximate surface area is 184 Å². The molecule has 10 heteroatoms. The molecule has 0 radical (unpaired) electrons. The quantitative estimate of drug-likeness (QED) is 0.598. The third-order valence-corrected chi connectivity index (χ3v) is 5.93. The van der Waals surface area contributed by atoms with Crippen molar-refractivity contribution in [2.24, 2.45) is 0 Å². The zero-order chi connectivity index (χ0) is 22.0. The summed E-state index contributed by atoms with van der Waals surface area (Å²) in [5.41, 5.74) is 3.22. The fourth-order valence-electron chi connectivity index (χ4n) is 3.41. The highest BCUT2D eigenvalue weighted by molar-refractivity contribution is 7.07. The third kappa shape index (κ3) is 4.35. The summed E-state index contributed by atoms with van der Waals surface area (Å²) >= 11 is 1.12. The number of benzene rings is 1. The van der Waals surface area contributed by atoms with Crippen LogP contribution in [0.2, 0.25) is 0 Å². The molecule has 1 fully saturated rings. The maximum atomic E-state index is 13.0. The number of hydrogen-bond donors (Lipinski definition) is 0. The second kappa shape index (κ2) is 8.94. The first kappa shape index (κ1) is 21.1. The molecule has 162 valence electrons. The zero-order valence-electron chi connectivity index (χ0n) is 17.9. The average molecular weight is 441 g/mol. The van der Waals surface area contributed by atoms with Crippen molar-refractivity contribution in [1.82, 2.24) is 24.5 Å². The molecule has 0 bridgehead atoms. The van der Waals surface area contributed by atoms with Crippen LogP contribution in [0.4, 0.5) is 5.95 Å². The van der Waals surface area contributed by atoms with Crippen molar-refractivity contribution < 1.29 is 14.3 Å². The lowest BCUT2D eigenvalue weighted by Crippen LogP contribution is -2.42. The molecule has 0 unspecified atom stereocenters. The van der Waals surface area contributed by atoms with Gasteiger partial charge in [0.2, 0.25) is 5.95 Å². The van der Waals surface area contributed by atoms with Crippen LogP contribution in [0.5, 0.6) is 5.75 Å². The van der Waals surface area contributed by atoms with Gasteiger partial charge in [-0.15, -0.1) is 5.10 Å². The van der Waals surface area contributed by atoms with E-state index in [1.54, 1.807) is 25.1 Å². The van der Waals surface area contributed by atoms with Crippen molar-refractivity contribution in [3.63, 3.8) is 0 Å². The molecule has 1 aliphatic rings. The first-order valence-corrected chi connectivity index (χ1v) is 10.6. The Bertz CT molecular complexity index is 1070. The molecule has 4 rings (SSSR count). The molecule has 1 aliphatic heterocycles. The topological polar surface area (TPSA) is 93.6 Å². The molecule has 1 atom stereocenters. The SMILES string of the molecule is COc1ccc(-c2cnc(N(C)C)nc2[C@H]2CN(C(=O)c3snnc3C)CCO2)cc1. The number of amides is 1. The van der Waals surface area contributed by atoms with Crippen molar-refractivity contribution in [2.75, 3.05) is 45.8 Å². The number of carbonyl (C=O) groups is 1. The minimum absolute atomic E-state index is 0.0753. The van der Waals surface area contributed by atoms with Gasteiger partial charge in [0, 0.05) is 32.4 Å². The van der Waals surface area contributed by atoms with Gasteiger partial charge in [0.05, 0.1) is 31.6 Å². The van der Waals surface area contributed by atoms with E-state index in [0.717, 1.165) is 34.1 Å². The van der Waals surface area contributed by atoms with E-state index in [0.29, 0.717) is 36.2 Å². The summed E-state index contributed by atoms with van der Waals surface area (Å²) in [6.07, 6.45) is 1.43. The van der Waals surface area contributed by atoms with Crippen LogP contribution in [0, 0.1) is 6.92 Å². The number of ether oxygens (including phenoxy) is 2. The molecule has 0 N–H and O–H groups in total. The molecular formula is C21H24N6O3S. The van der Waals surface area contributed by atoms with E-state index in [4.69, 9.17) is 14.5 Å². The summed E-state index contributed by atoms with van der Waals surface area (Å²) in [7, 11) is 5.42. The van der Waals surface area contributed by atoms with Gasteiger partial charge in [0.1, 0.15) is 16.7 Å². The maximum Gasteiger partial charge on any atom is 0.267 e. The number of methoxy groups -OCH3 is 1. The highest BCUT2D eigenvalue weighted by atomic mass is 32.1. The van der Waals surface area contributed by atoms with Gasteiger partial charge >= 0.3 is 0 Å². The third-order valence-electron chi connectivity index (χ3n) is 5.11. The van der Waals surface area contributed by atoms with E-state index in [9.17, 15) is 4.79 Å². The molecule has 31 heavy (non-hydrogen) atoms. The first-order valence-electron chi connectivity index (χ1n) is 9.86. The van der Waals surface area contributed by atoms with E-state index < -0.39 is 0 Å². The highest BCUT2D eigenvalue weighted by Crippen LogP contribution is 2.33. The summed E-state index contributed by atoms with van der Waals surface area (Å²) in [5, 5.41) is 3.96. The second-order valence-electron chi connectivity index (χ2n) is 7.39. The van der Waals surface area contributed by atoms with E-state index in [-0.39, 0.29) is 12.0 Å². The van der Waals surface area contributed by atoms with Crippen molar-refractivity contribution in [3.05, 3.63) is 46.7 Å². The molecule has 2 aromatic heterocycles. The van der Waals surface area contributed by atoms with Crippen molar-refractivity contribution in [3.8, 4) is 16.9 Å². The Morgan fingerprint density at radius 2 is 2.06 bits per heavy atom. The van der Waals surface area contributed by atoms with Crippen LogP contribution >= 0.6 is 11.5 Å². The van der Waals surface area contributed by atoms with Crippen LogP contribution in [-0.4, -0.2) is 71.3 Å². The zero-order valence-corrected chi connectivity index (χ0v) is 18.7. The molecule has 9 nitrogen and oxygen atoms in total. The number of nitrogens with zero attached hydrogens (tertiary/aromatic N) is 6. The lowest BCUT2D eigenvalue weighted by atomic mass is 10.0. The lowest BCUT2D eigenvalue weighted by molar-refractivity contribution is -0.0243. The number of carbonyl (C=O) groups excluding carboxylic acids is 1. The van der Waals surface area contributed by atoms with Crippen LogP contribution in [-0.2, 0) is 4.74 Å². The number of aryl methyl sites for hydroxylation is 1. The molecule has 1 amide bonds. The molecule has 3 aromatic rings. The Balaban J connectivity index is 1.68. The largest absolute Gasteiger partial charge is 0.497 e. The number of aromatic nitrogens is 4. The van der Waals surface area contributed by atoms with Crippen LogP contribution in [0.1, 0.15) is 27.2 Å². The lowest BCUT2D eigenvalue weighted by Gasteiger charge is -2.33. The highest BCUT2D eigenvalue weighted by Gasteiger charge is 2.31. The summed E-state index contributed by atoms with van der Waals surface area (Å²) < 4.78 is 15.2. The van der Waals surface area contributed by atoms with Gasteiger partial charge in [-0.1, -0.05) is 16.6 Å². The van der Waals surface area contributed by atoms with Gasteiger partial charge in [0.15, 0.2) is 0 Å². The van der Waals surface area contributed by atoms with E-state index in [1.807, 2.05) is 43.3 Å². The predicted molar refractivity (Wildman–Crippen MR) is 118 cm³/mol. The van der Waals surface area contributed by atoms with Crippen LogP contribution in [0.25, 0.3) is 11.1 Å². The number of anilines is 1. The van der Waals surface area contributed by atoms with Gasteiger partial charge in [0.25, 0.3) is 5.91 Å². The van der Waals surface area contributed by atoms with E-state index in [1.165, 1.54) is 0 Å². The van der Waals surface area contributed by atoms with Crippen molar-refractivity contribution >= 4 is 23.4 Å². The Hall–Kier alpha value is -3.11. The normalized spacial score (nSPS) is 16.3. The maximum absolute atomic E-state index is 13.0. The standard InChI is InChI=1S/C21H24N6O3S/c1-13-19(31-25-24-13)20(28)27-9-10-30-17(12-27)18-16(11-22-21(23-18)26(2)3)14-5-7-15(29-4)8-6-14/h5-8,11,17H,9-10,12H2,1-4H3/t17-/m1/s1. The van der Waals surface area contributed by atoms with E-state index in [2.05, 4.69) is 14.6 Å². The molecular weight excluding hydrogens is 416 g/mol. The first-order chi connectivity index (χ1) is 15.0. The Morgan fingerprint density at radius 3 is 2.71 bits per heavy atom. The fraction of sp³-hybridized carbons (Fsp3) is 0.381. The van der Waals surface area contributed by atoms with Gasteiger partial charge < -0.3 is 19.3 Å². The molecule has 1 aromatic carbocycles. The van der Waals surface area contributed by atoms with Crippen LogP contribution < -0.4 is 9.64 Å². The summed E-state index contributed by atoms with van der Waals surface area (Å²) in [5.74, 6) is 1.28. The second-order valence-corrected chi connectivity index (χ2v) is 8.14. The van der Waals surface area contributed by atoms with Gasteiger partial charge in [-0.05, 0) is 36.2 Å². The number of hydrogen-bond acceptors (Lipinski definition) is 9. The number of rotatable bonds is 5. The smallest absolute Gasteiger partial charge is 0.267 e. The molecule has 0 spiro atoms. The van der Waals surface area contributed by atoms with Crippen LogP contribution in [0.15, 0.2) is 30.5 Å². The molecule has 0 saturated carbocycles. The van der Waals surface area contributed by atoms with E-state index >= 15 is 0 Å². The molecule has 3 heterocycles. The van der Waals surface area contributed by atoms with Crippen molar-refractivity contribution in [1.29, 1.82) is 0 Å². The molecule has 0 aliphatic carbocycles. The monoisotopic (exact) mass is 440 g/mol. The number of morpholine rings is 1. The minimum Gasteiger partial charge on any atom is -0.497 e. The van der Waals surface area contributed by atoms with Gasteiger partial charge in [-0.3, -0.25) is 4.79 Å². The Morgan fingerprint density at radius 1 is 1.29 bits per heavy atom. The average Bonchev–Trinajstić information content (AvgIpc) is 3.24. The summed E-state index contributed by atoms with van der Waals surface area (Å²) in [4.78, 5) is 26.5. The van der Waals surface area contributed by atoms with Crippen LogP contribution in [0.3, 0.4) is 0 Å².